The predicted molar refractivity (Wildman–Crippen MR) is 107 cm³/mol. The number of hydrogen-bond donors (Lipinski definition) is 0. The molecule has 1 aliphatic rings. The van der Waals surface area contributed by atoms with Crippen LogP contribution in [0.3, 0.4) is 0 Å². The maximum absolute atomic E-state index is 6.31. The van der Waals surface area contributed by atoms with Crippen molar-refractivity contribution in [1.82, 2.24) is 29.5 Å². The Kier molecular flexibility index (Phi) is 4.25. The minimum Gasteiger partial charge on any atom is -0.371 e. The maximum Gasteiger partial charge on any atom is 0.187 e. The molecular weight excluding hydrogens is 392 g/mol. The number of nitrogens with zero attached hydrogens (tertiary/aromatic N) is 6. The van der Waals surface area contributed by atoms with Crippen molar-refractivity contribution < 1.29 is 9.26 Å². The Morgan fingerprint density at radius 2 is 2.10 bits per heavy atom. The summed E-state index contributed by atoms with van der Waals surface area (Å²) >= 11 is 6.31. The molecule has 5 rings (SSSR count). The van der Waals surface area contributed by atoms with Gasteiger partial charge in [0.15, 0.2) is 17.4 Å². The molecule has 0 saturated carbocycles. The van der Waals surface area contributed by atoms with Crippen LogP contribution in [0.15, 0.2) is 35.1 Å². The van der Waals surface area contributed by atoms with Gasteiger partial charge in [-0.1, -0.05) is 16.8 Å². The lowest BCUT2D eigenvalue weighted by atomic mass is 10.1. The van der Waals surface area contributed by atoms with Crippen LogP contribution in [-0.4, -0.2) is 35.6 Å². The Morgan fingerprint density at radius 3 is 2.86 bits per heavy atom. The van der Waals surface area contributed by atoms with Crippen molar-refractivity contribution in [3.8, 4) is 28.5 Å². The first-order valence-electron chi connectivity index (χ1n) is 9.35. The average Bonchev–Trinajstić information content (AvgIpc) is 3.38. The SMILES string of the molecule is Cc1cc(-c2ncn3c2Cn2c(COC(C)C)nnc2-c2cc(Cl)ccc2-3)on1. The third-order valence-corrected chi connectivity index (χ3v) is 5.10. The van der Waals surface area contributed by atoms with Crippen molar-refractivity contribution >= 4 is 11.6 Å². The molecule has 0 fully saturated rings. The Labute approximate surface area is 172 Å². The molecule has 0 saturated heterocycles. The van der Waals surface area contributed by atoms with Crippen molar-refractivity contribution in [1.29, 1.82) is 0 Å². The molecule has 4 heterocycles. The summed E-state index contributed by atoms with van der Waals surface area (Å²) in [6.45, 7) is 6.76. The molecule has 1 aliphatic heterocycles. The molecule has 3 aromatic heterocycles. The van der Waals surface area contributed by atoms with Crippen LogP contribution in [0.25, 0.3) is 28.5 Å². The average molecular weight is 411 g/mol. The van der Waals surface area contributed by atoms with E-state index < -0.39 is 0 Å². The van der Waals surface area contributed by atoms with Gasteiger partial charge in [0, 0.05) is 16.7 Å². The van der Waals surface area contributed by atoms with Crippen LogP contribution < -0.4 is 0 Å². The number of hydrogen-bond acceptors (Lipinski definition) is 6. The lowest BCUT2D eigenvalue weighted by molar-refractivity contribution is 0.0595. The van der Waals surface area contributed by atoms with Gasteiger partial charge in [-0.3, -0.25) is 4.57 Å². The normalized spacial score (nSPS) is 12.6. The molecule has 1 aromatic carbocycles. The first kappa shape index (κ1) is 18.1. The van der Waals surface area contributed by atoms with Gasteiger partial charge in [-0.05, 0) is 39.0 Å². The molecule has 4 aromatic rings. The zero-order valence-electron chi connectivity index (χ0n) is 16.3. The van der Waals surface area contributed by atoms with Gasteiger partial charge >= 0.3 is 0 Å². The van der Waals surface area contributed by atoms with Crippen LogP contribution in [0.4, 0.5) is 0 Å². The maximum atomic E-state index is 6.31. The molecule has 0 aliphatic carbocycles. The molecule has 29 heavy (non-hydrogen) atoms. The Morgan fingerprint density at radius 1 is 1.24 bits per heavy atom. The van der Waals surface area contributed by atoms with Gasteiger partial charge in [-0.15, -0.1) is 10.2 Å². The third kappa shape index (κ3) is 3.04. The van der Waals surface area contributed by atoms with Gasteiger partial charge in [-0.25, -0.2) is 4.98 Å². The quantitative estimate of drug-likeness (QED) is 0.444. The number of aromatic nitrogens is 6. The van der Waals surface area contributed by atoms with E-state index in [2.05, 4.69) is 20.3 Å². The van der Waals surface area contributed by atoms with Gasteiger partial charge in [0.2, 0.25) is 0 Å². The molecule has 0 bridgehead atoms. The van der Waals surface area contributed by atoms with Crippen LogP contribution >= 0.6 is 11.6 Å². The van der Waals surface area contributed by atoms with E-state index in [1.54, 1.807) is 6.33 Å². The number of benzene rings is 1. The van der Waals surface area contributed by atoms with Crippen LogP contribution in [0.1, 0.15) is 31.1 Å². The molecule has 0 unspecified atom stereocenters. The van der Waals surface area contributed by atoms with E-state index in [-0.39, 0.29) is 6.10 Å². The second-order valence-electron chi connectivity index (χ2n) is 7.29. The van der Waals surface area contributed by atoms with Crippen molar-refractivity contribution in [2.24, 2.45) is 0 Å². The Bertz CT molecular complexity index is 1210. The molecule has 9 heteroatoms. The summed E-state index contributed by atoms with van der Waals surface area (Å²) in [6.07, 6.45) is 1.88. The van der Waals surface area contributed by atoms with Crippen LogP contribution in [-0.2, 0) is 17.9 Å². The minimum atomic E-state index is 0.0914. The van der Waals surface area contributed by atoms with E-state index in [1.807, 2.05) is 54.2 Å². The standard InChI is InChI=1S/C20H19ClN6O2/c1-11(2)28-9-18-23-24-20-14-7-13(21)4-5-15(14)27-10-22-19(16(27)8-26(18)20)17-6-12(3)25-29-17/h4-7,10-11H,8-9H2,1-3H3. The second-order valence-corrected chi connectivity index (χ2v) is 7.73. The summed E-state index contributed by atoms with van der Waals surface area (Å²) in [4.78, 5) is 4.62. The fraction of sp³-hybridized carbons (Fsp3) is 0.300. The summed E-state index contributed by atoms with van der Waals surface area (Å²) in [5, 5.41) is 13.5. The number of rotatable bonds is 4. The number of halogens is 1. The first-order chi connectivity index (χ1) is 14.0. The summed E-state index contributed by atoms with van der Waals surface area (Å²) in [5.74, 6) is 2.12. The molecule has 148 valence electrons. The Balaban J connectivity index is 1.72. The monoisotopic (exact) mass is 410 g/mol. The van der Waals surface area contributed by atoms with E-state index >= 15 is 0 Å². The van der Waals surface area contributed by atoms with E-state index in [4.69, 9.17) is 20.9 Å². The number of fused-ring (bicyclic) bond motifs is 5. The second kappa shape index (κ2) is 6.82. The van der Waals surface area contributed by atoms with Crippen molar-refractivity contribution in [3.63, 3.8) is 0 Å². The summed E-state index contributed by atoms with van der Waals surface area (Å²) < 4.78 is 15.4. The van der Waals surface area contributed by atoms with Gasteiger partial charge in [0.1, 0.15) is 18.6 Å². The summed E-state index contributed by atoms with van der Waals surface area (Å²) in [5.41, 5.74) is 4.32. The molecule has 0 atom stereocenters. The highest BCUT2D eigenvalue weighted by Crippen LogP contribution is 2.36. The van der Waals surface area contributed by atoms with Gasteiger partial charge < -0.3 is 13.8 Å². The van der Waals surface area contributed by atoms with Crippen LogP contribution in [0.5, 0.6) is 0 Å². The van der Waals surface area contributed by atoms with Gasteiger partial charge in [0.25, 0.3) is 0 Å². The van der Waals surface area contributed by atoms with Crippen LogP contribution in [0, 0.1) is 6.92 Å². The molecular formula is C20H19ClN6O2. The van der Waals surface area contributed by atoms with Gasteiger partial charge in [-0.2, -0.15) is 0 Å². The van der Waals surface area contributed by atoms with E-state index in [1.165, 1.54) is 0 Å². The highest BCUT2D eigenvalue weighted by molar-refractivity contribution is 6.31. The van der Waals surface area contributed by atoms with Crippen molar-refractivity contribution in [2.75, 3.05) is 0 Å². The topological polar surface area (TPSA) is 83.8 Å². The van der Waals surface area contributed by atoms with Crippen molar-refractivity contribution in [2.45, 2.75) is 40.0 Å². The number of ether oxygens (including phenoxy) is 1. The van der Waals surface area contributed by atoms with E-state index in [0.717, 1.165) is 40.0 Å². The third-order valence-electron chi connectivity index (χ3n) is 4.87. The molecule has 0 amide bonds. The van der Waals surface area contributed by atoms with Crippen LogP contribution in [0.2, 0.25) is 5.02 Å². The number of imidazole rings is 1. The molecule has 0 spiro atoms. The van der Waals surface area contributed by atoms with Gasteiger partial charge in [0.05, 0.1) is 29.7 Å². The molecule has 8 nitrogen and oxygen atoms in total. The summed E-state index contributed by atoms with van der Waals surface area (Å²) in [6, 6.07) is 7.61. The lowest BCUT2D eigenvalue weighted by Crippen LogP contribution is -2.11. The highest BCUT2D eigenvalue weighted by Gasteiger charge is 2.27. The minimum absolute atomic E-state index is 0.0914. The Hall–Kier alpha value is -2.97. The summed E-state index contributed by atoms with van der Waals surface area (Å²) in [7, 11) is 0. The zero-order chi connectivity index (χ0) is 20.1. The van der Waals surface area contributed by atoms with E-state index in [9.17, 15) is 0 Å². The first-order valence-corrected chi connectivity index (χ1v) is 9.73. The smallest absolute Gasteiger partial charge is 0.187 e. The van der Waals surface area contributed by atoms with E-state index in [0.29, 0.717) is 23.9 Å². The predicted octanol–water partition coefficient (Wildman–Crippen LogP) is 4.03. The fourth-order valence-electron chi connectivity index (χ4n) is 3.51. The zero-order valence-corrected chi connectivity index (χ0v) is 17.0. The lowest BCUT2D eigenvalue weighted by Gasteiger charge is -2.10. The molecule has 0 radical (unpaired) electrons. The number of aryl methyl sites for hydroxylation is 1. The highest BCUT2D eigenvalue weighted by atomic mass is 35.5. The largest absolute Gasteiger partial charge is 0.371 e. The van der Waals surface area contributed by atoms with Crippen molar-refractivity contribution in [3.05, 3.63) is 52.8 Å². The molecule has 0 N–H and O–H groups in total. The fourth-order valence-corrected chi connectivity index (χ4v) is 3.68.